The standard InChI is InChI=1S/C25H29N3O4S/c1-15-5-4-6-19(16(15)2)23(30)27-21-20-8-7-18(13-28-11-9-17(14-29)10-12-28)26-24(20)33-22(21)25(31)32-3/h4-8,17,29H,9-14H2,1-3H3,(H,27,30). The number of carbonyl (C=O) groups excluding carboxylic acids is 2. The van der Waals surface area contributed by atoms with Crippen LogP contribution in [0.1, 0.15) is 49.7 Å². The molecule has 2 aromatic heterocycles. The van der Waals surface area contributed by atoms with Crippen LogP contribution in [0.15, 0.2) is 30.3 Å². The lowest BCUT2D eigenvalue weighted by Gasteiger charge is -2.30. The highest BCUT2D eigenvalue weighted by Gasteiger charge is 2.24. The molecular formula is C25H29N3O4S. The maximum Gasteiger partial charge on any atom is 0.350 e. The fourth-order valence-corrected chi connectivity index (χ4v) is 5.27. The van der Waals surface area contributed by atoms with Gasteiger partial charge in [-0.3, -0.25) is 9.69 Å². The van der Waals surface area contributed by atoms with Gasteiger partial charge in [-0.1, -0.05) is 12.1 Å². The van der Waals surface area contributed by atoms with Crippen LogP contribution in [0.25, 0.3) is 10.2 Å². The Morgan fingerprint density at radius 1 is 1.21 bits per heavy atom. The number of thiophene rings is 1. The predicted octanol–water partition coefficient (Wildman–Crippen LogP) is 4.16. The van der Waals surface area contributed by atoms with Gasteiger partial charge < -0.3 is 15.2 Å². The minimum absolute atomic E-state index is 0.250. The molecule has 0 unspecified atom stereocenters. The fraction of sp³-hybridized carbons (Fsp3) is 0.400. The number of hydrogen-bond acceptors (Lipinski definition) is 7. The first-order valence-electron chi connectivity index (χ1n) is 11.1. The van der Waals surface area contributed by atoms with Crippen LogP contribution in [0.5, 0.6) is 0 Å². The molecule has 0 radical (unpaired) electrons. The lowest BCUT2D eigenvalue weighted by molar-refractivity contribution is 0.0607. The lowest BCUT2D eigenvalue weighted by atomic mass is 9.98. The Kier molecular flexibility index (Phi) is 7.07. The lowest BCUT2D eigenvalue weighted by Crippen LogP contribution is -2.34. The smallest absolute Gasteiger partial charge is 0.350 e. The number of benzene rings is 1. The van der Waals surface area contributed by atoms with Crippen LogP contribution in [0.3, 0.4) is 0 Å². The SMILES string of the molecule is COC(=O)c1sc2nc(CN3CCC(CO)CC3)ccc2c1NC(=O)c1cccc(C)c1C. The first kappa shape index (κ1) is 23.4. The van der Waals surface area contributed by atoms with E-state index in [-0.39, 0.29) is 12.5 Å². The average molecular weight is 468 g/mol. The number of nitrogens with one attached hydrogen (secondary N) is 1. The van der Waals surface area contributed by atoms with E-state index < -0.39 is 5.97 Å². The van der Waals surface area contributed by atoms with E-state index in [9.17, 15) is 14.7 Å². The van der Waals surface area contributed by atoms with Crippen LogP contribution >= 0.6 is 11.3 Å². The molecule has 3 heterocycles. The monoisotopic (exact) mass is 467 g/mol. The minimum atomic E-state index is -0.498. The van der Waals surface area contributed by atoms with Crippen LogP contribution in [0.2, 0.25) is 0 Å². The summed E-state index contributed by atoms with van der Waals surface area (Å²) in [7, 11) is 1.33. The van der Waals surface area contributed by atoms with Crippen molar-refractivity contribution < 1.29 is 19.4 Å². The highest BCUT2D eigenvalue weighted by molar-refractivity contribution is 7.21. The molecule has 0 aliphatic carbocycles. The van der Waals surface area contributed by atoms with E-state index in [1.165, 1.54) is 18.4 Å². The zero-order chi connectivity index (χ0) is 23.5. The van der Waals surface area contributed by atoms with Gasteiger partial charge in [-0.25, -0.2) is 9.78 Å². The second-order valence-electron chi connectivity index (χ2n) is 8.56. The molecule has 1 saturated heterocycles. The van der Waals surface area contributed by atoms with Gasteiger partial charge in [0.2, 0.25) is 0 Å². The van der Waals surface area contributed by atoms with Crippen molar-refractivity contribution in [3.63, 3.8) is 0 Å². The number of rotatable bonds is 6. The van der Waals surface area contributed by atoms with E-state index in [0.29, 0.717) is 33.4 Å². The number of hydrogen-bond donors (Lipinski definition) is 2. The number of esters is 1. The average Bonchev–Trinajstić information content (AvgIpc) is 3.18. The number of carbonyl (C=O) groups is 2. The van der Waals surface area contributed by atoms with Gasteiger partial charge in [0.1, 0.15) is 9.71 Å². The summed E-state index contributed by atoms with van der Waals surface area (Å²) in [6, 6.07) is 9.45. The van der Waals surface area contributed by atoms with Crippen molar-refractivity contribution in [2.24, 2.45) is 5.92 Å². The van der Waals surface area contributed by atoms with Crippen molar-refractivity contribution in [2.45, 2.75) is 33.2 Å². The molecule has 4 rings (SSSR count). The molecule has 1 aromatic carbocycles. The number of methoxy groups -OCH3 is 1. The molecule has 174 valence electrons. The molecular weight excluding hydrogens is 438 g/mol. The molecule has 3 aromatic rings. The van der Waals surface area contributed by atoms with Crippen LogP contribution < -0.4 is 5.32 Å². The van der Waals surface area contributed by atoms with Crippen LogP contribution in [0.4, 0.5) is 5.69 Å². The number of anilines is 1. The van der Waals surface area contributed by atoms with Gasteiger partial charge in [0.25, 0.3) is 5.91 Å². The maximum absolute atomic E-state index is 13.1. The Morgan fingerprint density at radius 2 is 1.97 bits per heavy atom. The topological polar surface area (TPSA) is 91.8 Å². The third kappa shape index (κ3) is 4.93. The zero-order valence-corrected chi connectivity index (χ0v) is 20.0. The van der Waals surface area contributed by atoms with Crippen LogP contribution in [0, 0.1) is 19.8 Å². The number of ether oxygens (including phenoxy) is 1. The molecule has 0 atom stereocenters. The molecule has 0 bridgehead atoms. The number of pyridine rings is 1. The summed E-state index contributed by atoms with van der Waals surface area (Å²) in [5.74, 6) is -0.376. The molecule has 8 heteroatoms. The molecule has 33 heavy (non-hydrogen) atoms. The Hall–Kier alpha value is -2.81. The van der Waals surface area contributed by atoms with Gasteiger partial charge in [-0.15, -0.1) is 11.3 Å². The number of aryl methyl sites for hydroxylation is 1. The molecule has 0 spiro atoms. The van der Waals surface area contributed by atoms with Gasteiger partial charge in [0.05, 0.1) is 18.5 Å². The number of nitrogens with zero attached hydrogens (tertiary/aromatic N) is 2. The number of piperidine rings is 1. The quantitative estimate of drug-likeness (QED) is 0.529. The van der Waals surface area contributed by atoms with E-state index in [2.05, 4.69) is 10.2 Å². The summed E-state index contributed by atoms with van der Waals surface area (Å²) in [5.41, 5.74) is 3.85. The van der Waals surface area contributed by atoms with Gasteiger partial charge in [-0.2, -0.15) is 0 Å². The second kappa shape index (κ2) is 9.99. The number of fused-ring (bicyclic) bond motifs is 1. The summed E-state index contributed by atoms with van der Waals surface area (Å²) in [6.07, 6.45) is 1.97. The van der Waals surface area contributed by atoms with Gasteiger partial charge in [0, 0.05) is 24.1 Å². The van der Waals surface area contributed by atoms with Crippen molar-refractivity contribution in [3.05, 3.63) is 57.6 Å². The van der Waals surface area contributed by atoms with Crippen molar-refractivity contribution in [3.8, 4) is 0 Å². The highest BCUT2D eigenvalue weighted by Crippen LogP contribution is 2.36. The van der Waals surface area contributed by atoms with E-state index in [1.54, 1.807) is 6.07 Å². The van der Waals surface area contributed by atoms with Crippen LogP contribution in [-0.4, -0.2) is 53.7 Å². The summed E-state index contributed by atoms with van der Waals surface area (Å²) in [4.78, 5) is 33.7. The van der Waals surface area contributed by atoms with Gasteiger partial charge >= 0.3 is 5.97 Å². The van der Waals surface area contributed by atoms with Crippen molar-refractivity contribution in [1.82, 2.24) is 9.88 Å². The molecule has 1 aliphatic rings. The van der Waals surface area contributed by atoms with E-state index in [1.807, 2.05) is 38.1 Å². The zero-order valence-electron chi connectivity index (χ0n) is 19.2. The normalized spacial score (nSPS) is 15.0. The number of aromatic nitrogens is 1. The highest BCUT2D eigenvalue weighted by atomic mass is 32.1. The second-order valence-corrected chi connectivity index (χ2v) is 9.56. The maximum atomic E-state index is 13.1. The molecule has 1 fully saturated rings. The van der Waals surface area contributed by atoms with Gasteiger partial charge in [0.15, 0.2) is 0 Å². The molecule has 2 N–H and O–H groups in total. The van der Waals surface area contributed by atoms with Gasteiger partial charge in [-0.05, 0) is 75.0 Å². The predicted molar refractivity (Wildman–Crippen MR) is 130 cm³/mol. The summed E-state index contributed by atoms with van der Waals surface area (Å²) < 4.78 is 4.97. The number of amides is 1. The first-order chi connectivity index (χ1) is 15.9. The van der Waals surface area contributed by atoms with E-state index in [4.69, 9.17) is 9.72 Å². The Bertz CT molecular complexity index is 1180. The fourth-order valence-electron chi connectivity index (χ4n) is 4.20. The number of aliphatic hydroxyl groups excluding tert-OH is 1. The van der Waals surface area contributed by atoms with Crippen molar-refractivity contribution in [2.75, 3.05) is 32.1 Å². The third-order valence-corrected chi connectivity index (χ3v) is 7.50. The first-order valence-corrected chi connectivity index (χ1v) is 11.9. The van der Waals surface area contributed by atoms with Crippen molar-refractivity contribution in [1.29, 1.82) is 0 Å². The Labute approximate surface area is 197 Å². The number of aliphatic hydroxyl groups is 1. The van der Waals surface area contributed by atoms with Crippen molar-refractivity contribution >= 4 is 39.1 Å². The molecule has 0 saturated carbocycles. The molecule has 7 nitrogen and oxygen atoms in total. The third-order valence-electron chi connectivity index (χ3n) is 6.42. The Balaban J connectivity index is 1.62. The summed E-state index contributed by atoms with van der Waals surface area (Å²) in [5, 5.41) is 13.0. The summed E-state index contributed by atoms with van der Waals surface area (Å²) in [6.45, 7) is 6.70. The van der Waals surface area contributed by atoms with E-state index >= 15 is 0 Å². The number of likely N-dealkylation sites (tertiary alicyclic amines) is 1. The molecule has 1 amide bonds. The van der Waals surface area contributed by atoms with Crippen LogP contribution in [-0.2, 0) is 11.3 Å². The Morgan fingerprint density at radius 3 is 2.67 bits per heavy atom. The minimum Gasteiger partial charge on any atom is -0.465 e. The van der Waals surface area contributed by atoms with E-state index in [0.717, 1.165) is 48.1 Å². The summed E-state index contributed by atoms with van der Waals surface area (Å²) >= 11 is 1.23. The molecule has 1 aliphatic heterocycles. The largest absolute Gasteiger partial charge is 0.465 e.